The summed E-state index contributed by atoms with van der Waals surface area (Å²) in [5.41, 5.74) is -0.157. The lowest BCUT2D eigenvalue weighted by Crippen LogP contribution is -2.56. The van der Waals surface area contributed by atoms with Crippen LogP contribution < -0.4 is 4.72 Å². The first-order valence-electron chi connectivity index (χ1n) is 5.82. The summed E-state index contributed by atoms with van der Waals surface area (Å²) >= 11 is 0. The average Bonchev–Trinajstić information content (AvgIpc) is 2.27. The van der Waals surface area contributed by atoms with Gasteiger partial charge in [0.15, 0.2) is 0 Å². The standard InChI is InChI=1S/C12H16FNO3S/c13-11-4-2-10(3-5-11)8-18(16,17)14-12(9-15)6-1-7-12/h2-5,14-15H,1,6-9H2. The SMILES string of the molecule is O=S(=O)(Cc1ccc(F)cc1)NC1(CO)CCC1. The second-order valence-corrected chi connectivity index (χ2v) is 6.50. The van der Waals surface area contributed by atoms with E-state index in [1.165, 1.54) is 24.3 Å². The molecule has 6 heteroatoms. The largest absolute Gasteiger partial charge is 0.394 e. The zero-order valence-corrected chi connectivity index (χ0v) is 10.7. The smallest absolute Gasteiger partial charge is 0.216 e. The molecule has 1 aliphatic carbocycles. The Morgan fingerprint density at radius 2 is 1.89 bits per heavy atom. The van der Waals surface area contributed by atoms with Crippen LogP contribution in [0.5, 0.6) is 0 Å². The van der Waals surface area contributed by atoms with Gasteiger partial charge in [-0.1, -0.05) is 12.1 Å². The van der Waals surface area contributed by atoms with Crippen LogP contribution >= 0.6 is 0 Å². The van der Waals surface area contributed by atoms with E-state index in [-0.39, 0.29) is 12.4 Å². The van der Waals surface area contributed by atoms with Crippen molar-refractivity contribution in [3.05, 3.63) is 35.6 Å². The maximum Gasteiger partial charge on any atom is 0.216 e. The first-order chi connectivity index (χ1) is 8.45. The Hall–Kier alpha value is -0.980. The average molecular weight is 273 g/mol. The van der Waals surface area contributed by atoms with Crippen LogP contribution in [0.4, 0.5) is 4.39 Å². The number of hydrogen-bond donors (Lipinski definition) is 2. The first kappa shape index (κ1) is 13.5. The highest BCUT2D eigenvalue weighted by molar-refractivity contribution is 7.88. The van der Waals surface area contributed by atoms with Crippen LogP contribution in [0.1, 0.15) is 24.8 Å². The Morgan fingerprint density at radius 1 is 1.28 bits per heavy atom. The van der Waals surface area contributed by atoms with Gasteiger partial charge in [0.25, 0.3) is 0 Å². The van der Waals surface area contributed by atoms with Gasteiger partial charge in [-0.25, -0.2) is 17.5 Å². The first-order valence-corrected chi connectivity index (χ1v) is 7.47. The minimum atomic E-state index is -3.51. The molecule has 4 nitrogen and oxygen atoms in total. The van der Waals surface area contributed by atoms with E-state index in [1.54, 1.807) is 0 Å². The highest BCUT2D eigenvalue weighted by Gasteiger charge is 2.39. The molecule has 2 rings (SSSR count). The molecule has 0 heterocycles. The fourth-order valence-corrected chi connectivity index (χ4v) is 3.69. The molecule has 18 heavy (non-hydrogen) atoms. The molecule has 0 atom stereocenters. The summed E-state index contributed by atoms with van der Waals surface area (Å²) in [6, 6.07) is 5.36. The van der Waals surface area contributed by atoms with Crippen molar-refractivity contribution in [1.29, 1.82) is 0 Å². The van der Waals surface area contributed by atoms with E-state index in [0.717, 1.165) is 6.42 Å². The molecule has 100 valence electrons. The summed E-state index contributed by atoms with van der Waals surface area (Å²) in [6.07, 6.45) is 2.23. The third-order valence-electron chi connectivity index (χ3n) is 3.26. The Bertz CT molecular complexity index is 503. The van der Waals surface area contributed by atoms with Gasteiger partial charge in [-0.15, -0.1) is 0 Å². The molecule has 1 aromatic rings. The molecule has 1 fully saturated rings. The van der Waals surface area contributed by atoms with E-state index in [4.69, 9.17) is 0 Å². The van der Waals surface area contributed by atoms with E-state index < -0.39 is 21.4 Å². The quantitative estimate of drug-likeness (QED) is 0.846. The number of rotatable bonds is 5. The molecule has 0 aliphatic heterocycles. The molecule has 0 spiro atoms. The molecule has 0 unspecified atom stereocenters. The fourth-order valence-electron chi connectivity index (χ4n) is 2.06. The Labute approximate surface area is 106 Å². The molecule has 0 bridgehead atoms. The summed E-state index contributed by atoms with van der Waals surface area (Å²) in [5.74, 6) is -0.593. The number of aliphatic hydroxyl groups is 1. The summed E-state index contributed by atoms with van der Waals surface area (Å²) in [4.78, 5) is 0. The lowest BCUT2D eigenvalue weighted by atomic mass is 9.78. The van der Waals surface area contributed by atoms with Gasteiger partial charge in [-0.3, -0.25) is 0 Å². The molecule has 1 aliphatic rings. The highest BCUT2D eigenvalue weighted by atomic mass is 32.2. The Balaban J connectivity index is 2.05. The monoisotopic (exact) mass is 273 g/mol. The minimum absolute atomic E-state index is 0.185. The van der Waals surface area contributed by atoms with E-state index in [0.29, 0.717) is 18.4 Å². The summed E-state index contributed by atoms with van der Waals surface area (Å²) in [6.45, 7) is -0.185. The van der Waals surface area contributed by atoms with Crippen LogP contribution in [0.2, 0.25) is 0 Å². The predicted molar refractivity (Wildman–Crippen MR) is 65.8 cm³/mol. The zero-order valence-electron chi connectivity index (χ0n) is 9.89. The van der Waals surface area contributed by atoms with Gasteiger partial charge in [-0.05, 0) is 37.0 Å². The molecular weight excluding hydrogens is 257 g/mol. The van der Waals surface area contributed by atoms with Crippen molar-refractivity contribution in [2.24, 2.45) is 0 Å². The van der Waals surface area contributed by atoms with Gasteiger partial charge in [0, 0.05) is 0 Å². The molecule has 1 aromatic carbocycles. The normalized spacial score (nSPS) is 18.3. The van der Waals surface area contributed by atoms with Crippen molar-refractivity contribution < 1.29 is 17.9 Å². The molecule has 2 N–H and O–H groups in total. The fraction of sp³-hybridized carbons (Fsp3) is 0.500. The Morgan fingerprint density at radius 3 is 2.33 bits per heavy atom. The number of nitrogens with one attached hydrogen (secondary N) is 1. The number of halogens is 1. The molecule has 1 saturated carbocycles. The van der Waals surface area contributed by atoms with Crippen LogP contribution in [0, 0.1) is 5.82 Å². The third kappa shape index (κ3) is 3.07. The Kier molecular flexibility index (Phi) is 3.70. The van der Waals surface area contributed by atoms with Gasteiger partial charge < -0.3 is 5.11 Å². The summed E-state index contributed by atoms with van der Waals surface area (Å²) < 4.78 is 39.1. The minimum Gasteiger partial charge on any atom is -0.394 e. The maximum absolute atomic E-state index is 12.7. The van der Waals surface area contributed by atoms with Gasteiger partial charge in [0.1, 0.15) is 5.82 Å². The number of hydrogen-bond acceptors (Lipinski definition) is 3. The van der Waals surface area contributed by atoms with Crippen LogP contribution in [0.25, 0.3) is 0 Å². The molecule has 0 amide bonds. The topological polar surface area (TPSA) is 66.4 Å². The van der Waals surface area contributed by atoms with Gasteiger partial charge >= 0.3 is 0 Å². The van der Waals surface area contributed by atoms with Crippen molar-refractivity contribution in [3.63, 3.8) is 0 Å². The zero-order chi connectivity index (χ0) is 13.2. The van der Waals surface area contributed by atoms with E-state index >= 15 is 0 Å². The summed E-state index contributed by atoms with van der Waals surface area (Å²) in [7, 11) is -3.51. The van der Waals surface area contributed by atoms with Gasteiger partial charge in [-0.2, -0.15) is 0 Å². The second kappa shape index (κ2) is 4.95. The highest BCUT2D eigenvalue weighted by Crippen LogP contribution is 2.32. The van der Waals surface area contributed by atoms with Crippen LogP contribution in [0.15, 0.2) is 24.3 Å². The van der Waals surface area contributed by atoms with E-state index in [9.17, 15) is 17.9 Å². The van der Waals surface area contributed by atoms with Gasteiger partial charge in [0.05, 0.1) is 17.9 Å². The molecule has 0 radical (unpaired) electrons. The second-order valence-electron chi connectivity index (χ2n) is 4.78. The molecular formula is C12H16FNO3S. The van der Waals surface area contributed by atoms with Crippen LogP contribution in [0.3, 0.4) is 0 Å². The number of sulfonamides is 1. The number of benzene rings is 1. The van der Waals surface area contributed by atoms with Crippen molar-refractivity contribution in [2.75, 3.05) is 6.61 Å². The van der Waals surface area contributed by atoms with E-state index in [2.05, 4.69) is 4.72 Å². The maximum atomic E-state index is 12.7. The molecule has 0 aromatic heterocycles. The van der Waals surface area contributed by atoms with Crippen molar-refractivity contribution in [2.45, 2.75) is 30.6 Å². The summed E-state index contributed by atoms with van der Waals surface area (Å²) in [5, 5.41) is 9.23. The lowest BCUT2D eigenvalue weighted by molar-refractivity contribution is 0.110. The van der Waals surface area contributed by atoms with Crippen LogP contribution in [-0.2, 0) is 15.8 Å². The molecule has 0 saturated heterocycles. The number of aliphatic hydroxyl groups excluding tert-OH is 1. The lowest BCUT2D eigenvalue weighted by Gasteiger charge is -2.40. The van der Waals surface area contributed by atoms with E-state index in [1.807, 2.05) is 0 Å². The van der Waals surface area contributed by atoms with Crippen LogP contribution in [-0.4, -0.2) is 25.7 Å². The third-order valence-corrected chi connectivity index (χ3v) is 4.71. The van der Waals surface area contributed by atoms with Crippen molar-refractivity contribution >= 4 is 10.0 Å². The van der Waals surface area contributed by atoms with Gasteiger partial charge in [0.2, 0.25) is 10.0 Å². The predicted octanol–water partition coefficient (Wildman–Crippen LogP) is 1.16. The van der Waals surface area contributed by atoms with Crippen molar-refractivity contribution in [3.8, 4) is 0 Å². The van der Waals surface area contributed by atoms with Crippen molar-refractivity contribution in [1.82, 2.24) is 4.72 Å².